The van der Waals surface area contributed by atoms with E-state index in [0.29, 0.717) is 44.8 Å². The number of thiazole rings is 1. The van der Waals surface area contributed by atoms with Crippen LogP contribution in [0.2, 0.25) is 0 Å². The van der Waals surface area contributed by atoms with Gasteiger partial charge in [0.2, 0.25) is 5.91 Å². The standard InChI is InChI=1S/C33H37N5O2S/c34-18-10-17-29-33(40)38(22-28(25-11-4-1-5-12-25)26-13-6-2-7-14-26)21-24(19-35-29)20-36-31(39)30-23-41-32(37-30)27-15-8-3-9-16-27/h1-9,11-16,23-24,28-29,35H,10,17-22,34H2,(H,36,39)/t24-,29-/m0/s1. The Morgan fingerprint density at radius 3 is 2.27 bits per heavy atom. The summed E-state index contributed by atoms with van der Waals surface area (Å²) < 4.78 is 0. The van der Waals surface area contributed by atoms with Gasteiger partial charge in [-0.1, -0.05) is 91.0 Å². The predicted molar refractivity (Wildman–Crippen MR) is 165 cm³/mol. The fraction of sp³-hybridized carbons (Fsp3) is 0.303. The molecule has 3 aromatic carbocycles. The molecule has 0 unspecified atom stereocenters. The van der Waals surface area contributed by atoms with Gasteiger partial charge in [-0.05, 0) is 30.5 Å². The molecule has 2 atom stereocenters. The summed E-state index contributed by atoms with van der Waals surface area (Å²) >= 11 is 1.46. The summed E-state index contributed by atoms with van der Waals surface area (Å²) in [4.78, 5) is 33.4. The van der Waals surface area contributed by atoms with E-state index in [-0.39, 0.29) is 29.7 Å². The zero-order valence-electron chi connectivity index (χ0n) is 23.1. The Bertz CT molecular complexity index is 1360. The van der Waals surface area contributed by atoms with E-state index in [1.54, 1.807) is 5.38 Å². The number of hydrogen-bond donors (Lipinski definition) is 3. The highest BCUT2D eigenvalue weighted by Crippen LogP contribution is 2.27. The van der Waals surface area contributed by atoms with Gasteiger partial charge in [0.15, 0.2) is 0 Å². The molecule has 7 nitrogen and oxygen atoms in total. The Kier molecular flexibility index (Phi) is 9.91. The van der Waals surface area contributed by atoms with Crippen molar-refractivity contribution in [3.63, 3.8) is 0 Å². The average molecular weight is 568 g/mol. The topological polar surface area (TPSA) is 100 Å². The van der Waals surface area contributed by atoms with Crippen molar-refractivity contribution in [3.05, 3.63) is 113 Å². The van der Waals surface area contributed by atoms with Crippen LogP contribution in [0.15, 0.2) is 96.4 Å². The summed E-state index contributed by atoms with van der Waals surface area (Å²) in [5, 5.41) is 9.17. The molecule has 212 valence electrons. The van der Waals surface area contributed by atoms with E-state index in [4.69, 9.17) is 5.73 Å². The van der Waals surface area contributed by atoms with Gasteiger partial charge >= 0.3 is 0 Å². The normalized spacial score (nSPS) is 17.4. The number of aromatic nitrogens is 1. The predicted octanol–water partition coefficient (Wildman–Crippen LogP) is 4.53. The summed E-state index contributed by atoms with van der Waals surface area (Å²) in [6, 6.07) is 30.3. The number of rotatable bonds is 11. The second-order valence-electron chi connectivity index (χ2n) is 10.5. The molecule has 0 bridgehead atoms. The Morgan fingerprint density at radius 2 is 1.63 bits per heavy atom. The Balaban J connectivity index is 1.31. The first kappa shape index (κ1) is 28.7. The van der Waals surface area contributed by atoms with Crippen LogP contribution in [0.4, 0.5) is 0 Å². The molecule has 5 rings (SSSR count). The zero-order valence-corrected chi connectivity index (χ0v) is 23.9. The number of amides is 2. The van der Waals surface area contributed by atoms with Crippen LogP contribution in [0.3, 0.4) is 0 Å². The van der Waals surface area contributed by atoms with Crippen molar-refractivity contribution >= 4 is 23.2 Å². The van der Waals surface area contributed by atoms with Gasteiger partial charge in [-0.25, -0.2) is 4.98 Å². The quantitative estimate of drug-likeness (QED) is 0.247. The lowest BCUT2D eigenvalue weighted by molar-refractivity contribution is -0.133. The van der Waals surface area contributed by atoms with Crippen molar-refractivity contribution < 1.29 is 9.59 Å². The average Bonchev–Trinajstić information content (AvgIpc) is 3.47. The van der Waals surface area contributed by atoms with Gasteiger partial charge in [-0.3, -0.25) is 9.59 Å². The highest BCUT2D eigenvalue weighted by molar-refractivity contribution is 7.13. The van der Waals surface area contributed by atoms with Crippen LogP contribution >= 0.6 is 11.3 Å². The Labute approximate surface area is 245 Å². The molecule has 2 amide bonds. The zero-order chi connectivity index (χ0) is 28.4. The minimum absolute atomic E-state index is 0.0382. The molecule has 1 fully saturated rings. The van der Waals surface area contributed by atoms with Crippen molar-refractivity contribution in [2.75, 3.05) is 32.7 Å². The van der Waals surface area contributed by atoms with Gasteiger partial charge < -0.3 is 21.3 Å². The van der Waals surface area contributed by atoms with Gasteiger partial charge in [0, 0.05) is 49.0 Å². The van der Waals surface area contributed by atoms with Gasteiger partial charge in [0.25, 0.3) is 5.91 Å². The minimum Gasteiger partial charge on any atom is -0.350 e. The summed E-state index contributed by atoms with van der Waals surface area (Å²) in [6.07, 6.45) is 1.46. The van der Waals surface area contributed by atoms with Gasteiger partial charge in [-0.15, -0.1) is 11.3 Å². The van der Waals surface area contributed by atoms with Crippen molar-refractivity contribution in [1.82, 2.24) is 20.5 Å². The fourth-order valence-corrected chi connectivity index (χ4v) is 6.15. The van der Waals surface area contributed by atoms with E-state index in [1.165, 1.54) is 22.5 Å². The molecular formula is C33H37N5O2S. The van der Waals surface area contributed by atoms with Crippen LogP contribution < -0.4 is 16.4 Å². The first-order chi connectivity index (χ1) is 20.1. The summed E-state index contributed by atoms with van der Waals surface area (Å²) in [5.74, 6) is -0.0192. The molecule has 1 aliphatic heterocycles. The van der Waals surface area contributed by atoms with E-state index >= 15 is 0 Å². The van der Waals surface area contributed by atoms with E-state index in [2.05, 4.69) is 39.9 Å². The molecule has 0 saturated carbocycles. The summed E-state index contributed by atoms with van der Waals surface area (Å²) in [6.45, 7) is 2.72. The second kappa shape index (κ2) is 14.2. The highest BCUT2D eigenvalue weighted by atomic mass is 32.1. The monoisotopic (exact) mass is 567 g/mol. The molecule has 1 saturated heterocycles. The SMILES string of the molecule is NCCC[C@@H]1NC[C@@H](CNC(=O)c2csc(-c3ccccc3)n2)CN(CC(c2ccccc2)c2ccccc2)C1=O. The maximum atomic E-state index is 13.8. The lowest BCUT2D eigenvalue weighted by Gasteiger charge is -2.30. The first-order valence-electron chi connectivity index (χ1n) is 14.2. The second-order valence-corrected chi connectivity index (χ2v) is 11.3. The van der Waals surface area contributed by atoms with Crippen LogP contribution in [0, 0.1) is 5.92 Å². The first-order valence-corrected chi connectivity index (χ1v) is 15.1. The fourth-order valence-electron chi connectivity index (χ4n) is 5.34. The number of hydrogen-bond acceptors (Lipinski definition) is 6. The third kappa shape index (κ3) is 7.47. The van der Waals surface area contributed by atoms with Crippen molar-refractivity contribution in [3.8, 4) is 10.6 Å². The summed E-state index contributed by atoms with van der Waals surface area (Å²) in [7, 11) is 0. The third-order valence-electron chi connectivity index (χ3n) is 7.55. The van der Waals surface area contributed by atoms with Gasteiger partial charge in [-0.2, -0.15) is 0 Å². The van der Waals surface area contributed by atoms with Crippen LogP contribution in [-0.4, -0.2) is 60.5 Å². The Hall–Kier alpha value is -3.85. The number of carbonyl (C=O) groups is 2. The lowest BCUT2D eigenvalue weighted by Crippen LogP contribution is -2.45. The van der Waals surface area contributed by atoms with Crippen molar-refractivity contribution in [1.29, 1.82) is 0 Å². The molecule has 0 spiro atoms. The number of carbonyl (C=O) groups excluding carboxylic acids is 2. The molecule has 1 aliphatic rings. The molecule has 0 radical (unpaired) electrons. The number of nitrogens with zero attached hydrogens (tertiary/aromatic N) is 2. The molecule has 8 heteroatoms. The van der Waals surface area contributed by atoms with E-state index in [9.17, 15) is 9.59 Å². The van der Waals surface area contributed by atoms with Crippen molar-refractivity contribution in [2.45, 2.75) is 24.8 Å². The van der Waals surface area contributed by atoms with Crippen LogP contribution in [0.25, 0.3) is 10.6 Å². The Morgan fingerprint density at radius 1 is 1.00 bits per heavy atom. The van der Waals surface area contributed by atoms with Gasteiger partial charge in [0.05, 0.1) is 6.04 Å². The molecular weight excluding hydrogens is 530 g/mol. The molecule has 4 N–H and O–H groups in total. The minimum atomic E-state index is -0.293. The summed E-state index contributed by atoms with van der Waals surface area (Å²) in [5.41, 5.74) is 9.55. The van der Waals surface area contributed by atoms with Crippen LogP contribution in [0.1, 0.15) is 40.4 Å². The highest BCUT2D eigenvalue weighted by Gasteiger charge is 2.32. The third-order valence-corrected chi connectivity index (χ3v) is 8.45. The number of nitrogens with two attached hydrogens (primary N) is 1. The van der Waals surface area contributed by atoms with E-state index < -0.39 is 0 Å². The van der Waals surface area contributed by atoms with Crippen LogP contribution in [-0.2, 0) is 4.79 Å². The molecule has 41 heavy (non-hydrogen) atoms. The number of nitrogens with one attached hydrogen (secondary N) is 2. The van der Waals surface area contributed by atoms with E-state index in [0.717, 1.165) is 17.0 Å². The molecule has 2 heterocycles. The largest absolute Gasteiger partial charge is 0.350 e. The smallest absolute Gasteiger partial charge is 0.270 e. The molecule has 4 aromatic rings. The maximum Gasteiger partial charge on any atom is 0.270 e. The van der Waals surface area contributed by atoms with Gasteiger partial charge in [0.1, 0.15) is 10.7 Å². The molecule has 1 aromatic heterocycles. The van der Waals surface area contributed by atoms with E-state index in [1.807, 2.05) is 71.6 Å². The van der Waals surface area contributed by atoms with Crippen LogP contribution in [0.5, 0.6) is 0 Å². The lowest BCUT2D eigenvalue weighted by atomic mass is 9.90. The van der Waals surface area contributed by atoms with Crippen molar-refractivity contribution in [2.24, 2.45) is 11.7 Å². The maximum absolute atomic E-state index is 13.8. The molecule has 0 aliphatic carbocycles. The number of benzene rings is 3.